The molecule has 2 aliphatic rings. The molecule has 7 nitrogen and oxygen atoms in total. The summed E-state index contributed by atoms with van der Waals surface area (Å²) in [5, 5.41) is 3.28. The van der Waals surface area contributed by atoms with Crippen LogP contribution in [0.3, 0.4) is 0 Å². The summed E-state index contributed by atoms with van der Waals surface area (Å²) in [6, 6.07) is 4.45. The van der Waals surface area contributed by atoms with Gasteiger partial charge in [0.2, 0.25) is 5.91 Å². The zero-order valence-corrected chi connectivity index (χ0v) is 18.8. The summed E-state index contributed by atoms with van der Waals surface area (Å²) in [5.74, 6) is 2.16. The van der Waals surface area contributed by atoms with E-state index in [0.29, 0.717) is 30.1 Å². The molecule has 0 radical (unpaired) electrons. The SMILES string of the molecule is Cc1cccnc1Nc1cncc(C2CCN(C(=O)CCC(C)N3CCCC3)CC2)n1. The van der Waals surface area contributed by atoms with E-state index < -0.39 is 0 Å². The molecule has 1 unspecified atom stereocenters. The third-order valence-electron chi connectivity index (χ3n) is 6.72. The first-order valence-corrected chi connectivity index (χ1v) is 11.6. The Morgan fingerprint density at radius 1 is 1.19 bits per heavy atom. The highest BCUT2D eigenvalue weighted by atomic mass is 16.2. The lowest BCUT2D eigenvalue weighted by Crippen LogP contribution is -2.39. The fourth-order valence-electron chi connectivity index (χ4n) is 4.66. The number of nitrogens with zero attached hydrogens (tertiary/aromatic N) is 5. The van der Waals surface area contributed by atoms with Crippen molar-refractivity contribution in [3.8, 4) is 0 Å². The zero-order chi connectivity index (χ0) is 21.6. The van der Waals surface area contributed by atoms with Crippen LogP contribution >= 0.6 is 0 Å². The fraction of sp³-hybridized carbons (Fsp3) is 0.583. The number of carbonyl (C=O) groups is 1. The van der Waals surface area contributed by atoms with E-state index in [1.54, 1.807) is 12.4 Å². The Labute approximate surface area is 185 Å². The number of carbonyl (C=O) groups excluding carboxylic acids is 1. The zero-order valence-electron chi connectivity index (χ0n) is 18.8. The van der Waals surface area contributed by atoms with Crippen LogP contribution in [0.1, 0.15) is 62.6 Å². The van der Waals surface area contributed by atoms with Crippen LogP contribution in [0.4, 0.5) is 11.6 Å². The van der Waals surface area contributed by atoms with Crippen molar-refractivity contribution >= 4 is 17.5 Å². The third kappa shape index (κ3) is 5.58. The molecule has 1 amide bonds. The number of anilines is 2. The van der Waals surface area contributed by atoms with E-state index in [0.717, 1.165) is 49.4 Å². The molecule has 2 fully saturated rings. The largest absolute Gasteiger partial charge is 0.343 e. The van der Waals surface area contributed by atoms with Crippen molar-refractivity contribution in [3.63, 3.8) is 0 Å². The number of hydrogen-bond acceptors (Lipinski definition) is 6. The van der Waals surface area contributed by atoms with Crippen molar-refractivity contribution in [2.24, 2.45) is 0 Å². The second kappa shape index (κ2) is 10.2. The molecular formula is C24H34N6O. The molecule has 1 atom stereocenters. The highest BCUT2D eigenvalue weighted by Gasteiger charge is 2.26. The van der Waals surface area contributed by atoms with E-state index in [2.05, 4.69) is 27.1 Å². The minimum absolute atomic E-state index is 0.302. The predicted molar refractivity (Wildman–Crippen MR) is 122 cm³/mol. The molecule has 0 saturated carbocycles. The van der Waals surface area contributed by atoms with Crippen LogP contribution in [0.25, 0.3) is 0 Å². The highest BCUT2D eigenvalue weighted by Crippen LogP contribution is 2.28. The van der Waals surface area contributed by atoms with Gasteiger partial charge in [-0.1, -0.05) is 6.07 Å². The second-order valence-electron chi connectivity index (χ2n) is 8.91. The monoisotopic (exact) mass is 422 g/mol. The fourth-order valence-corrected chi connectivity index (χ4v) is 4.66. The number of hydrogen-bond donors (Lipinski definition) is 1. The van der Waals surface area contributed by atoms with Gasteiger partial charge in [-0.3, -0.25) is 9.78 Å². The van der Waals surface area contributed by atoms with Gasteiger partial charge in [0.1, 0.15) is 11.6 Å². The van der Waals surface area contributed by atoms with Gasteiger partial charge in [-0.2, -0.15) is 0 Å². The quantitative estimate of drug-likeness (QED) is 0.730. The Morgan fingerprint density at radius 3 is 2.71 bits per heavy atom. The van der Waals surface area contributed by atoms with Crippen molar-refractivity contribution in [1.29, 1.82) is 0 Å². The lowest BCUT2D eigenvalue weighted by molar-refractivity contribution is -0.132. The third-order valence-corrected chi connectivity index (χ3v) is 6.72. The minimum Gasteiger partial charge on any atom is -0.343 e. The lowest BCUT2D eigenvalue weighted by atomic mass is 9.93. The van der Waals surface area contributed by atoms with E-state index >= 15 is 0 Å². The number of pyridine rings is 1. The predicted octanol–water partition coefficient (Wildman–Crippen LogP) is 3.89. The molecule has 2 aliphatic heterocycles. The standard InChI is InChI=1S/C24H34N6O/c1-18-6-5-11-26-24(18)28-22-17-25-16-21(27-22)20-9-14-30(15-10-20)23(31)8-7-19(2)29-12-3-4-13-29/h5-6,11,16-17,19-20H,3-4,7-10,12-15H2,1-2H3,(H,26,27,28). The number of likely N-dealkylation sites (tertiary alicyclic amines) is 2. The summed E-state index contributed by atoms with van der Waals surface area (Å²) in [6.07, 6.45) is 11.5. The maximum absolute atomic E-state index is 12.7. The van der Waals surface area contributed by atoms with Gasteiger partial charge in [-0.05, 0) is 70.7 Å². The average molecular weight is 423 g/mol. The van der Waals surface area contributed by atoms with E-state index in [4.69, 9.17) is 4.98 Å². The Bertz CT molecular complexity index is 874. The van der Waals surface area contributed by atoms with Crippen LogP contribution in [-0.4, -0.2) is 62.9 Å². The molecule has 166 valence electrons. The first kappa shape index (κ1) is 21.7. The number of amides is 1. The molecule has 4 rings (SSSR count). The number of rotatable bonds is 7. The number of aryl methyl sites for hydroxylation is 1. The lowest BCUT2D eigenvalue weighted by Gasteiger charge is -2.32. The van der Waals surface area contributed by atoms with Gasteiger partial charge in [0.25, 0.3) is 0 Å². The van der Waals surface area contributed by atoms with Gasteiger partial charge in [-0.25, -0.2) is 9.97 Å². The molecule has 1 N–H and O–H groups in total. The van der Waals surface area contributed by atoms with Gasteiger partial charge >= 0.3 is 0 Å². The molecule has 2 aromatic heterocycles. The topological polar surface area (TPSA) is 74.2 Å². The normalized spacial score (nSPS) is 18.8. The van der Waals surface area contributed by atoms with Gasteiger partial charge in [-0.15, -0.1) is 0 Å². The van der Waals surface area contributed by atoms with E-state index in [-0.39, 0.29) is 0 Å². The average Bonchev–Trinajstić information content (AvgIpc) is 3.34. The molecule has 0 spiro atoms. The van der Waals surface area contributed by atoms with Crippen molar-refractivity contribution in [2.75, 3.05) is 31.5 Å². The van der Waals surface area contributed by atoms with Crippen molar-refractivity contribution in [2.45, 2.75) is 64.3 Å². The summed E-state index contributed by atoms with van der Waals surface area (Å²) in [7, 11) is 0. The van der Waals surface area contributed by atoms with Crippen molar-refractivity contribution in [3.05, 3.63) is 42.0 Å². The Kier molecular flexibility index (Phi) is 7.12. The highest BCUT2D eigenvalue weighted by molar-refractivity contribution is 5.76. The van der Waals surface area contributed by atoms with Crippen LogP contribution in [0.2, 0.25) is 0 Å². The van der Waals surface area contributed by atoms with Gasteiger partial charge in [0, 0.05) is 43.9 Å². The number of nitrogens with one attached hydrogen (secondary N) is 1. The first-order chi connectivity index (χ1) is 15.1. The van der Waals surface area contributed by atoms with Crippen LogP contribution in [0.5, 0.6) is 0 Å². The number of piperidine rings is 1. The van der Waals surface area contributed by atoms with Gasteiger partial charge in [0.15, 0.2) is 0 Å². The summed E-state index contributed by atoms with van der Waals surface area (Å²) in [4.78, 5) is 30.8. The molecule has 0 bridgehead atoms. The van der Waals surface area contributed by atoms with Crippen LogP contribution in [0, 0.1) is 6.92 Å². The van der Waals surface area contributed by atoms with Crippen molar-refractivity contribution < 1.29 is 4.79 Å². The molecule has 2 saturated heterocycles. The minimum atomic E-state index is 0.302. The number of aromatic nitrogens is 3. The maximum Gasteiger partial charge on any atom is 0.222 e. The summed E-state index contributed by atoms with van der Waals surface area (Å²) < 4.78 is 0. The summed E-state index contributed by atoms with van der Waals surface area (Å²) >= 11 is 0. The molecule has 7 heteroatoms. The van der Waals surface area contributed by atoms with E-state index in [1.807, 2.05) is 30.2 Å². The van der Waals surface area contributed by atoms with Crippen LogP contribution in [0.15, 0.2) is 30.7 Å². The summed E-state index contributed by atoms with van der Waals surface area (Å²) in [5.41, 5.74) is 2.06. The van der Waals surface area contributed by atoms with Crippen LogP contribution < -0.4 is 5.32 Å². The molecule has 2 aromatic rings. The molecule has 31 heavy (non-hydrogen) atoms. The smallest absolute Gasteiger partial charge is 0.222 e. The van der Waals surface area contributed by atoms with Gasteiger partial charge in [0.05, 0.1) is 11.9 Å². The van der Waals surface area contributed by atoms with Crippen LogP contribution in [-0.2, 0) is 4.79 Å². The molecule has 0 aromatic carbocycles. The van der Waals surface area contributed by atoms with E-state index in [9.17, 15) is 4.79 Å². The molecule has 4 heterocycles. The van der Waals surface area contributed by atoms with Gasteiger partial charge < -0.3 is 15.1 Å². The van der Waals surface area contributed by atoms with E-state index in [1.165, 1.54) is 25.9 Å². The molecule has 0 aliphatic carbocycles. The Balaban J connectivity index is 1.27. The molecular weight excluding hydrogens is 388 g/mol. The second-order valence-corrected chi connectivity index (χ2v) is 8.91. The Hall–Kier alpha value is -2.54. The van der Waals surface area contributed by atoms with Crippen molar-refractivity contribution in [1.82, 2.24) is 24.8 Å². The maximum atomic E-state index is 12.7. The summed E-state index contributed by atoms with van der Waals surface area (Å²) in [6.45, 7) is 8.27. The first-order valence-electron chi connectivity index (χ1n) is 11.6. The Morgan fingerprint density at radius 2 is 1.97 bits per heavy atom.